The van der Waals surface area contributed by atoms with Crippen LogP contribution >= 0.6 is 0 Å². The van der Waals surface area contributed by atoms with Crippen LogP contribution in [0, 0.1) is 5.92 Å². The van der Waals surface area contributed by atoms with Crippen LogP contribution in [0.1, 0.15) is 26.7 Å². The van der Waals surface area contributed by atoms with Gasteiger partial charge in [-0.05, 0) is 25.7 Å². The van der Waals surface area contributed by atoms with Crippen LogP contribution in [0.25, 0.3) is 0 Å². The van der Waals surface area contributed by atoms with Crippen molar-refractivity contribution in [3.8, 4) is 0 Å². The Bertz CT molecular complexity index is 457. The minimum atomic E-state index is -0.00690. The highest BCUT2D eigenvalue weighted by Gasteiger charge is 2.29. The van der Waals surface area contributed by atoms with Crippen molar-refractivity contribution < 1.29 is 0 Å². The van der Waals surface area contributed by atoms with Gasteiger partial charge in [0.1, 0.15) is 0 Å². The molecule has 5 nitrogen and oxygen atoms in total. The van der Waals surface area contributed by atoms with Crippen LogP contribution < -0.4 is 16.2 Å². The summed E-state index contributed by atoms with van der Waals surface area (Å²) in [4.78, 5) is 18.7. The fourth-order valence-electron chi connectivity index (χ4n) is 2.75. The smallest absolute Gasteiger partial charge is 0.293 e. The largest absolute Gasteiger partial charge is 0.348 e. The van der Waals surface area contributed by atoms with Gasteiger partial charge >= 0.3 is 0 Å². The molecule has 100 valence electrons. The van der Waals surface area contributed by atoms with E-state index in [1.807, 2.05) is 6.92 Å². The standard InChI is InChI=1S/C13H22N4O/c1-3-16-8-6-15-12(13(16)18)17-7-4-5-10(2)11(17)9-14/h6,8,10-11H,3-5,7,9,14H2,1-2H3. The fraction of sp³-hybridized carbons (Fsp3) is 0.692. The summed E-state index contributed by atoms with van der Waals surface area (Å²) >= 11 is 0. The molecule has 2 unspecified atom stereocenters. The summed E-state index contributed by atoms with van der Waals surface area (Å²) in [6.45, 7) is 6.28. The van der Waals surface area contributed by atoms with Gasteiger partial charge in [-0.1, -0.05) is 6.92 Å². The molecule has 1 fully saturated rings. The zero-order chi connectivity index (χ0) is 13.1. The highest BCUT2D eigenvalue weighted by Crippen LogP contribution is 2.24. The molecule has 0 aromatic carbocycles. The Hall–Kier alpha value is -1.36. The van der Waals surface area contributed by atoms with Crippen LogP contribution in [0.15, 0.2) is 17.2 Å². The van der Waals surface area contributed by atoms with Gasteiger partial charge in [0.05, 0.1) is 0 Å². The number of hydrogen-bond acceptors (Lipinski definition) is 4. The SMILES string of the molecule is CCn1ccnc(N2CCCC(C)C2CN)c1=O. The number of nitrogens with two attached hydrogens (primary N) is 1. The highest BCUT2D eigenvalue weighted by molar-refractivity contribution is 5.38. The summed E-state index contributed by atoms with van der Waals surface area (Å²) in [7, 11) is 0. The van der Waals surface area contributed by atoms with Gasteiger partial charge in [-0.2, -0.15) is 0 Å². The number of hydrogen-bond donors (Lipinski definition) is 1. The van der Waals surface area contributed by atoms with Crippen LogP contribution in [-0.4, -0.2) is 28.7 Å². The quantitative estimate of drug-likeness (QED) is 0.863. The van der Waals surface area contributed by atoms with E-state index >= 15 is 0 Å². The van der Waals surface area contributed by atoms with E-state index in [2.05, 4.69) is 16.8 Å². The van der Waals surface area contributed by atoms with Gasteiger partial charge in [0.15, 0.2) is 5.82 Å². The first-order valence-electron chi connectivity index (χ1n) is 6.71. The van der Waals surface area contributed by atoms with E-state index in [1.54, 1.807) is 17.0 Å². The number of aryl methyl sites for hydroxylation is 1. The van der Waals surface area contributed by atoms with Gasteiger partial charge in [-0.3, -0.25) is 4.79 Å². The van der Waals surface area contributed by atoms with Gasteiger partial charge in [-0.25, -0.2) is 4.98 Å². The molecule has 1 aromatic rings. The average molecular weight is 250 g/mol. The average Bonchev–Trinajstić information content (AvgIpc) is 2.39. The Labute approximate surface area is 108 Å². The van der Waals surface area contributed by atoms with Gasteiger partial charge in [0.2, 0.25) is 0 Å². The van der Waals surface area contributed by atoms with Crippen molar-refractivity contribution >= 4 is 5.82 Å². The third-order valence-corrected chi connectivity index (χ3v) is 3.87. The van der Waals surface area contributed by atoms with E-state index in [4.69, 9.17) is 5.73 Å². The number of aromatic nitrogens is 2. The predicted octanol–water partition coefficient (Wildman–Crippen LogP) is 0.827. The maximum absolute atomic E-state index is 12.3. The molecule has 1 aromatic heterocycles. The highest BCUT2D eigenvalue weighted by atomic mass is 16.1. The maximum atomic E-state index is 12.3. The topological polar surface area (TPSA) is 64.2 Å². The summed E-state index contributed by atoms with van der Waals surface area (Å²) in [5.74, 6) is 1.07. The van der Waals surface area contributed by atoms with Crippen LogP contribution in [0.3, 0.4) is 0 Å². The molecule has 1 aliphatic rings. The van der Waals surface area contributed by atoms with Crippen molar-refractivity contribution in [2.45, 2.75) is 39.3 Å². The zero-order valence-corrected chi connectivity index (χ0v) is 11.2. The minimum absolute atomic E-state index is 0.00690. The van der Waals surface area contributed by atoms with Crippen molar-refractivity contribution in [3.05, 3.63) is 22.7 Å². The first-order chi connectivity index (χ1) is 8.69. The molecule has 1 saturated heterocycles. The second kappa shape index (κ2) is 5.52. The van der Waals surface area contributed by atoms with E-state index in [0.717, 1.165) is 13.0 Å². The number of piperidine rings is 1. The molecule has 2 atom stereocenters. The van der Waals surface area contributed by atoms with Gasteiger partial charge in [0.25, 0.3) is 5.56 Å². The van der Waals surface area contributed by atoms with Crippen molar-refractivity contribution in [2.75, 3.05) is 18.0 Å². The van der Waals surface area contributed by atoms with Crippen molar-refractivity contribution in [1.82, 2.24) is 9.55 Å². The van der Waals surface area contributed by atoms with Crippen LogP contribution in [0.2, 0.25) is 0 Å². The van der Waals surface area contributed by atoms with Crippen LogP contribution in [-0.2, 0) is 6.54 Å². The number of anilines is 1. The lowest BCUT2D eigenvalue weighted by Crippen LogP contribution is -2.51. The Morgan fingerprint density at radius 1 is 1.56 bits per heavy atom. The van der Waals surface area contributed by atoms with E-state index in [-0.39, 0.29) is 11.6 Å². The first-order valence-corrected chi connectivity index (χ1v) is 6.71. The summed E-state index contributed by atoms with van der Waals surface area (Å²) in [6.07, 6.45) is 5.71. The second-order valence-electron chi connectivity index (χ2n) is 4.96. The van der Waals surface area contributed by atoms with Crippen molar-refractivity contribution in [1.29, 1.82) is 0 Å². The predicted molar refractivity (Wildman–Crippen MR) is 72.8 cm³/mol. The third-order valence-electron chi connectivity index (χ3n) is 3.87. The van der Waals surface area contributed by atoms with E-state index in [9.17, 15) is 4.79 Å². The Balaban J connectivity index is 2.38. The number of nitrogens with zero attached hydrogens (tertiary/aromatic N) is 3. The molecule has 0 saturated carbocycles. The third kappa shape index (κ3) is 2.27. The first kappa shape index (κ1) is 13.1. The summed E-state index contributed by atoms with van der Waals surface area (Å²) in [5.41, 5.74) is 5.86. The molecule has 0 bridgehead atoms. The van der Waals surface area contributed by atoms with Crippen LogP contribution in [0.4, 0.5) is 5.82 Å². The van der Waals surface area contributed by atoms with Gasteiger partial charge < -0.3 is 15.2 Å². The molecule has 1 aliphatic heterocycles. The lowest BCUT2D eigenvalue weighted by molar-refractivity contribution is 0.346. The summed E-state index contributed by atoms with van der Waals surface area (Å²) < 4.78 is 1.69. The van der Waals surface area contributed by atoms with Gasteiger partial charge in [0, 0.05) is 38.1 Å². The maximum Gasteiger partial charge on any atom is 0.293 e. The second-order valence-corrected chi connectivity index (χ2v) is 4.96. The summed E-state index contributed by atoms with van der Waals surface area (Å²) in [6, 6.07) is 0.228. The van der Waals surface area contributed by atoms with E-state index in [0.29, 0.717) is 24.8 Å². The monoisotopic (exact) mass is 250 g/mol. The van der Waals surface area contributed by atoms with Gasteiger partial charge in [-0.15, -0.1) is 0 Å². The minimum Gasteiger partial charge on any atom is -0.348 e. The molecule has 0 amide bonds. The lowest BCUT2D eigenvalue weighted by atomic mass is 9.91. The lowest BCUT2D eigenvalue weighted by Gasteiger charge is -2.39. The molecule has 5 heteroatoms. The molecule has 18 heavy (non-hydrogen) atoms. The van der Waals surface area contributed by atoms with E-state index < -0.39 is 0 Å². The summed E-state index contributed by atoms with van der Waals surface area (Å²) in [5, 5.41) is 0. The number of rotatable bonds is 3. The normalized spacial score (nSPS) is 24.3. The Kier molecular flexibility index (Phi) is 4.01. The van der Waals surface area contributed by atoms with Crippen molar-refractivity contribution in [3.63, 3.8) is 0 Å². The van der Waals surface area contributed by atoms with Crippen molar-refractivity contribution in [2.24, 2.45) is 11.7 Å². The molecular weight excluding hydrogens is 228 g/mol. The van der Waals surface area contributed by atoms with E-state index in [1.165, 1.54) is 6.42 Å². The Morgan fingerprint density at radius 3 is 3.00 bits per heavy atom. The molecule has 2 heterocycles. The van der Waals surface area contributed by atoms with Crippen LogP contribution in [0.5, 0.6) is 0 Å². The molecule has 0 spiro atoms. The zero-order valence-electron chi connectivity index (χ0n) is 11.2. The fourth-order valence-corrected chi connectivity index (χ4v) is 2.75. The molecule has 0 radical (unpaired) electrons. The Morgan fingerprint density at radius 2 is 2.33 bits per heavy atom. The molecule has 2 N–H and O–H groups in total. The molecule has 2 rings (SSSR count). The molecule has 0 aliphatic carbocycles. The molecular formula is C13H22N4O.